The number of ether oxygens (including phenoxy) is 1. The molecule has 1 aliphatic rings. The predicted molar refractivity (Wildman–Crippen MR) is 108 cm³/mol. The minimum atomic E-state index is -0.325. The third-order valence-corrected chi connectivity index (χ3v) is 4.87. The van der Waals surface area contributed by atoms with Gasteiger partial charge in [0.2, 0.25) is 0 Å². The first-order chi connectivity index (χ1) is 13.5. The molecule has 1 saturated heterocycles. The Bertz CT molecular complexity index is 843. The lowest BCUT2D eigenvalue weighted by Crippen LogP contribution is -2.50. The molecular weight excluding hydrogens is 356 g/mol. The van der Waals surface area contributed by atoms with Crippen LogP contribution in [-0.2, 0) is 4.74 Å². The Balaban J connectivity index is 1.58. The minimum absolute atomic E-state index is 0.124. The van der Waals surface area contributed by atoms with Crippen LogP contribution >= 0.6 is 0 Å². The summed E-state index contributed by atoms with van der Waals surface area (Å²) in [6.45, 7) is 8.17. The topological polar surface area (TPSA) is 74.8 Å². The first-order valence-electron chi connectivity index (χ1n) is 9.49. The van der Waals surface area contributed by atoms with Gasteiger partial charge in [0.15, 0.2) is 0 Å². The number of piperazine rings is 1. The monoisotopic (exact) mass is 382 g/mol. The molecule has 0 bridgehead atoms. The van der Waals surface area contributed by atoms with E-state index in [1.165, 1.54) is 11.1 Å². The second-order valence-corrected chi connectivity index (χ2v) is 6.83. The van der Waals surface area contributed by atoms with Gasteiger partial charge in [-0.25, -0.2) is 9.78 Å². The van der Waals surface area contributed by atoms with Crippen LogP contribution in [0.3, 0.4) is 0 Å². The van der Waals surface area contributed by atoms with Crippen molar-refractivity contribution in [1.29, 1.82) is 0 Å². The smallest absolute Gasteiger partial charge is 0.409 e. The normalized spacial score (nSPS) is 14.0. The van der Waals surface area contributed by atoms with Gasteiger partial charge in [0.1, 0.15) is 5.69 Å². The molecule has 0 spiro atoms. The maximum Gasteiger partial charge on any atom is 0.409 e. The molecule has 0 atom stereocenters. The van der Waals surface area contributed by atoms with Crippen LogP contribution in [0, 0.1) is 13.8 Å². The molecular formula is C21H26N4O3. The number of hydrogen-bond donors (Lipinski definition) is 1. The Morgan fingerprint density at radius 2 is 1.68 bits per heavy atom. The van der Waals surface area contributed by atoms with E-state index < -0.39 is 0 Å². The van der Waals surface area contributed by atoms with Gasteiger partial charge in [0.25, 0.3) is 5.91 Å². The molecule has 28 heavy (non-hydrogen) atoms. The number of rotatable bonds is 4. The summed E-state index contributed by atoms with van der Waals surface area (Å²) in [4.78, 5) is 32.1. The van der Waals surface area contributed by atoms with Crippen molar-refractivity contribution in [1.82, 2.24) is 14.8 Å². The molecule has 1 aromatic carbocycles. The number of aromatic nitrogens is 1. The maximum absolute atomic E-state index is 12.7. The van der Waals surface area contributed by atoms with Crippen LogP contribution in [-0.4, -0.2) is 59.6 Å². The van der Waals surface area contributed by atoms with E-state index in [0.717, 1.165) is 11.4 Å². The number of pyridine rings is 1. The van der Waals surface area contributed by atoms with Gasteiger partial charge in [-0.2, -0.15) is 0 Å². The van der Waals surface area contributed by atoms with Crippen molar-refractivity contribution in [3.05, 3.63) is 53.3 Å². The standard InChI is InChI=1S/C21H26N4O3/c1-4-28-21(27)25-11-9-24(10-12-25)20(26)19-8-7-18(14-22-19)23-17-6-5-15(2)16(3)13-17/h5-8,13-14,23H,4,9-12H2,1-3H3. The average molecular weight is 382 g/mol. The predicted octanol–water partition coefficient (Wildman–Crippen LogP) is 3.36. The molecule has 1 fully saturated rings. The summed E-state index contributed by atoms with van der Waals surface area (Å²) in [6.07, 6.45) is 1.34. The molecule has 1 aliphatic heterocycles. The summed E-state index contributed by atoms with van der Waals surface area (Å²) in [5, 5.41) is 3.30. The number of nitrogens with one attached hydrogen (secondary N) is 1. The number of aryl methyl sites for hydroxylation is 2. The van der Waals surface area contributed by atoms with Crippen LogP contribution in [0.2, 0.25) is 0 Å². The highest BCUT2D eigenvalue weighted by Crippen LogP contribution is 2.19. The fourth-order valence-corrected chi connectivity index (χ4v) is 3.05. The largest absolute Gasteiger partial charge is 0.450 e. The third-order valence-electron chi connectivity index (χ3n) is 4.87. The van der Waals surface area contributed by atoms with Gasteiger partial charge in [-0.05, 0) is 56.2 Å². The zero-order chi connectivity index (χ0) is 20.1. The first kappa shape index (κ1) is 19.7. The lowest BCUT2D eigenvalue weighted by Gasteiger charge is -2.33. The molecule has 3 rings (SSSR count). The highest BCUT2D eigenvalue weighted by molar-refractivity contribution is 5.92. The van der Waals surface area contributed by atoms with Gasteiger partial charge in [-0.15, -0.1) is 0 Å². The molecule has 0 saturated carbocycles. The second-order valence-electron chi connectivity index (χ2n) is 6.83. The molecule has 7 nitrogen and oxygen atoms in total. The van der Waals surface area contributed by atoms with E-state index in [4.69, 9.17) is 4.74 Å². The number of amides is 2. The van der Waals surface area contributed by atoms with Gasteiger partial charge in [0.05, 0.1) is 18.5 Å². The SMILES string of the molecule is CCOC(=O)N1CCN(C(=O)c2ccc(Nc3ccc(C)c(C)c3)cn2)CC1. The van der Waals surface area contributed by atoms with Gasteiger partial charge in [-0.3, -0.25) is 4.79 Å². The van der Waals surface area contributed by atoms with Crippen LogP contribution < -0.4 is 5.32 Å². The summed E-state index contributed by atoms with van der Waals surface area (Å²) < 4.78 is 5.00. The van der Waals surface area contributed by atoms with Gasteiger partial charge >= 0.3 is 6.09 Å². The molecule has 0 aliphatic carbocycles. The Labute approximate surface area is 165 Å². The Morgan fingerprint density at radius 1 is 1.00 bits per heavy atom. The summed E-state index contributed by atoms with van der Waals surface area (Å²) in [5.74, 6) is -0.124. The van der Waals surface area contributed by atoms with E-state index in [1.807, 2.05) is 12.1 Å². The van der Waals surface area contributed by atoms with Crippen molar-refractivity contribution in [2.75, 3.05) is 38.1 Å². The zero-order valence-electron chi connectivity index (χ0n) is 16.6. The van der Waals surface area contributed by atoms with Crippen molar-refractivity contribution >= 4 is 23.4 Å². The molecule has 0 radical (unpaired) electrons. The fourth-order valence-electron chi connectivity index (χ4n) is 3.05. The van der Waals surface area contributed by atoms with Gasteiger partial charge < -0.3 is 19.9 Å². The maximum atomic E-state index is 12.7. The van der Waals surface area contributed by atoms with Crippen LogP contribution in [0.25, 0.3) is 0 Å². The summed E-state index contributed by atoms with van der Waals surface area (Å²) in [6, 6.07) is 9.74. The lowest BCUT2D eigenvalue weighted by molar-refractivity contribution is 0.0566. The molecule has 1 aromatic heterocycles. The molecule has 2 amide bonds. The highest BCUT2D eigenvalue weighted by Gasteiger charge is 2.26. The number of nitrogens with zero attached hydrogens (tertiary/aromatic N) is 3. The van der Waals surface area contributed by atoms with Crippen molar-refractivity contribution in [3.8, 4) is 0 Å². The Hall–Kier alpha value is -3.09. The molecule has 148 valence electrons. The van der Waals surface area contributed by atoms with Gasteiger partial charge in [0, 0.05) is 31.9 Å². The van der Waals surface area contributed by atoms with Crippen LogP contribution in [0.1, 0.15) is 28.5 Å². The average Bonchev–Trinajstić information content (AvgIpc) is 2.71. The van der Waals surface area contributed by atoms with E-state index in [-0.39, 0.29) is 12.0 Å². The number of anilines is 2. The lowest BCUT2D eigenvalue weighted by atomic mass is 10.1. The van der Waals surface area contributed by atoms with Crippen LogP contribution in [0.15, 0.2) is 36.5 Å². The van der Waals surface area contributed by atoms with Crippen molar-refractivity contribution in [2.24, 2.45) is 0 Å². The zero-order valence-corrected chi connectivity index (χ0v) is 16.6. The molecule has 1 N–H and O–H groups in total. The summed E-state index contributed by atoms with van der Waals surface area (Å²) >= 11 is 0. The molecule has 2 aromatic rings. The number of benzene rings is 1. The van der Waals surface area contributed by atoms with E-state index in [2.05, 4.69) is 36.3 Å². The molecule has 2 heterocycles. The van der Waals surface area contributed by atoms with Crippen LogP contribution in [0.4, 0.5) is 16.2 Å². The minimum Gasteiger partial charge on any atom is -0.450 e. The Kier molecular flexibility index (Phi) is 6.13. The Morgan fingerprint density at radius 3 is 2.29 bits per heavy atom. The van der Waals surface area contributed by atoms with Crippen molar-refractivity contribution < 1.29 is 14.3 Å². The number of carbonyl (C=O) groups is 2. The van der Waals surface area contributed by atoms with Gasteiger partial charge in [-0.1, -0.05) is 6.07 Å². The summed E-state index contributed by atoms with van der Waals surface area (Å²) in [7, 11) is 0. The number of carbonyl (C=O) groups excluding carboxylic acids is 2. The van der Waals surface area contributed by atoms with E-state index in [9.17, 15) is 9.59 Å². The second kappa shape index (κ2) is 8.73. The molecule has 7 heteroatoms. The van der Waals surface area contributed by atoms with Crippen LogP contribution in [0.5, 0.6) is 0 Å². The van der Waals surface area contributed by atoms with E-state index >= 15 is 0 Å². The fraction of sp³-hybridized carbons (Fsp3) is 0.381. The highest BCUT2D eigenvalue weighted by atomic mass is 16.6. The van der Waals surface area contributed by atoms with Crippen molar-refractivity contribution in [3.63, 3.8) is 0 Å². The third kappa shape index (κ3) is 4.60. The van der Waals surface area contributed by atoms with E-state index in [1.54, 1.807) is 29.0 Å². The van der Waals surface area contributed by atoms with Crippen molar-refractivity contribution in [2.45, 2.75) is 20.8 Å². The number of hydrogen-bond acceptors (Lipinski definition) is 5. The van der Waals surface area contributed by atoms with E-state index in [0.29, 0.717) is 38.5 Å². The quantitative estimate of drug-likeness (QED) is 0.878. The summed E-state index contributed by atoms with van der Waals surface area (Å²) in [5.41, 5.74) is 4.67. The molecule has 0 unspecified atom stereocenters. The first-order valence-corrected chi connectivity index (χ1v) is 9.49.